The average Bonchev–Trinajstić information content (AvgIpc) is 3.48. The highest BCUT2D eigenvalue weighted by atomic mass is 31.2. The van der Waals surface area contributed by atoms with Crippen molar-refractivity contribution in [3.05, 3.63) is 48.6 Å². The third-order valence-corrected chi connectivity index (χ3v) is 17.7. The molecule has 0 aromatic rings. The standard InChI is InChI=1S/C75H143N2O7P/c1-7-10-13-16-19-22-25-28-30-32-34-36-37-38-39-41-43-45-47-50-53-56-59-62-65-68-75(79)84-73(66-63-60-57-54-51-48-27-24-21-18-15-12-9-3)72(71-83-85(80,81)82-70-69-77(4,5)6)76-74(78)67-64-61-58-55-52-49-46-44-42-40-35-33-31-29-26-23-20-17-14-11-8-2/h19,22,28,30,34,36,63,66,72-73H,7-18,20-21,23-27,29,31-33,35,37-62,64-65,67-71H2,1-6H3,(H-,76,78,80,81)/b22-19-,30-28-,36-34-,66-63+. The minimum absolute atomic E-state index is 0.0203. The van der Waals surface area contributed by atoms with E-state index in [9.17, 15) is 19.0 Å². The largest absolute Gasteiger partial charge is 0.756 e. The van der Waals surface area contributed by atoms with Gasteiger partial charge in [0.2, 0.25) is 5.91 Å². The Morgan fingerprint density at radius 3 is 1.09 bits per heavy atom. The Hall–Kier alpha value is -2.03. The second-order valence-corrected chi connectivity index (χ2v) is 27.9. The second-order valence-electron chi connectivity index (χ2n) is 26.5. The molecule has 500 valence electrons. The molecule has 0 bridgehead atoms. The van der Waals surface area contributed by atoms with Crippen molar-refractivity contribution >= 4 is 19.7 Å². The van der Waals surface area contributed by atoms with Crippen LogP contribution in [0, 0.1) is 0 Å². The number of allylic oxidation sites excluding steroid dienone is 7. The maximum atomic E-state index is 13.6. The predicted molar refractivity (Wildman–Crippen MR) is 367 cm³/mol. The smallest absolute Gasteiger partial charge is 0.306 e. The van der Waals surface area contributed by atoms with E-state index in [-0.39, 0.29) is 31.5 Å². The zero-order valence-electron chi connectivity index (χ0n) is 57.3. The third kappa shape index (κ3) is 66.2. The first-order valence-corrected chi connectivity index (χ1v) is 38.4. The molecule has 0 aromatic carbocycles. The molecule has 0 aliphatic rings. The lowest BCUT2D eigenvalue weighted by Crippen LogP contribution is -2.47. The fourth-order valence-corrected chi connectivity index (χ4v) is 11.8. The molecule has 0 rings (SSSR count). The van der Waals surface area contributed by atoms with Crippen LogP contribution in [0.25, 0.3) is 0 Å². The second kappa shape index (κ2) is 64.9. The van der Waals surface area contributed by atoms with Crippen LogP contribution in [0.3, 0.4) is 0 Å². The number of likely N-dealkylation sites (N-methyl/N-ethyl adjacent to an activating group) is 1. The molecule has 85 heavy (non-hydrogen) atoms. The molecule has 0 heterocycles. The van der Waals surface area contributed by atoms with E-state index >= 15 is 0 Å². The van der Waals surface area contributed by atoms with E-state index in [2.05, 4.69) is 62.5 Å². The molecule has 0 fully saturated rings. The van der Waals surface area contributed by atoms with Gasteiger partial charge in [-0.15, -0.1) is 0 Å². The predicted octanol–water partition coefficient (Wildman–Crippen LogP) is 22.9. The molecule has 3 atom stereocenters. The zero-order chi connectivity index (χ0) is 62.1. The highest BCUT2D eigenvalue weighted by molar-refractivity contribution is 7.45. The zero-order valence-corrected chi connectivity index (χ0v) is 58.2. The minimum atomic E-state index is -4.70. The van der Waals surface area contributed by atoms with Gasteiger partial charge in [-0.05, 0) is 70.3 Å². The average molecular weight is 1220 g/mol. The summed E-state index contributed by atoms with van der Waals surface area (Å²) in [7, 11) is 1.20. The van der Waals surface area contributed by atoms with E-state index in [0.717, 1.165) is 70.6 Å². The highest BCUT2D eigenvalue weighted by Gasteiger charge is 2.27. The van der Waals surface area contributed by atoms with Gasteiger partial charge in [0.25, 0.3) is 7.82 Å². The molecule has 3 unspecified atom stereocenters. The first-order chi connectivity index (χ1) is 41.4. The van der Waals surface area contributed by atoms with Crippen LogP contribution in [0.15, 0.2) is 48.6 Å². The van der Waals surface area contributed by atoms with Gasteiger partial charge in [0.15, 0.2) is 0 Å². The Labute approximate surface area is 529 Å². The number of phosphoric ester groups is 1. The summed E-state index contributed by atoms with van der Waals surface area (Å²) in [5, 5.41) is 3.05. The normalized spacial score (nSPS) is 13.7. The van der Waals surface area contributed by atoms with Crippen LogP contribution in [-0.4, -0.2) is 69.4 Å². The van der Waals surface area contributed by atoms with Gasteiger partial charge in [-0.1, -0.05) is 333 Å². The number of phosphoric acid groups is 1. The van der Waals surface area contributed by atoms with Crippen molar-refractivity contribution in [2.45, 2.75) is 380 Å². The maximum Gasteiger partial charge on any atom is 0.306 e. The quantitative estimate of drug-likeness (QED) is 0.0212. The van der Waals surface area contributed by atoms with Crippen molar-refractivity contribution in [1.82, 2.24) is 5.32 Å². The van der Waals surface area contributed by atoms with Crippen LogP contribution in [0.1, 0.15) is 367 Å². The number of hydrogen-bond donors (Lipinski definition) is 1. The van der Waals surface area contributed by atoms with E-state index in [4.69, 9.17) is 13.8 Å². The molecular formula is C75H143N2O7P. The van der Waals surface area contributed by atoms with Gasteiger partial charge in [0.1, 0.15) is 19.3 Å². The summed E-state index contributed by atoms with van der Waals surface area (Å²) in [5.74, 6) is -0.523. The summed E-state index contributed by atoms with van der Waals surface area (Å²) in [6.45, 7) is 6.88. The molecule has 9 nitrogen and oxygen atoms in total. The Balaban J connectivity index is 5.05. The SMILES string of the molecule is CCCCC/C=C\C/C=C\C/C=C\CCCCCCCCCCCCCCC(=O)OC(/C=C/CCCCCCCCCCCCC)C(COP(=O)([O-])OCC[N+](C)(C)C)NC(=O)CCCCCCCCCCCCCCCCCCCCCCC. The van der Waals surface area contributed by atoms with Gasteiger partial charge in [-0.25, -0.2) is 0 Å². The van der Waals surface area contributed by atoms with Crippen molar-refractivity contribution in [1.29, 1.82) is 0 Å². The molecule has 0 saturated heterocycles. The van der Waals surface area contributed by atoms with Crippen LogP contribution in [0.5, 0.6) is 0 Å². The molecule has 0 saturated carbocycles. The van der Waals surface area contributed by atoms with Gasteiger partial charge in [-0.2, -0.15) is 0 Å². The van der Waals surface area contributed by atoms with E-state index in [1.165, 1.54) is 263 Å². The molecule has 0 aromatic heterocycles. The Kier molecular flexibility index (Phi) is 63.4. The molecule has 0 spiro atoms. The number of hydrogen-bond acceptors (Lipinski definition) is 7. The van der Waals surface area contributed by atoms with Crippen LogP contribution in [-0.2, 0) is 27.9 Å². The number of amides is 1. The van der Waals surface area contributed by atoms with E-state index < -0.39 is 20.0 Å². The Morgan fingerprint density at radius 2 is 0.718 bits per heavy atom. The van der Waals surface area contributed by atoms with Crippen LogP contribution in [0.2, 0.25) is 0 Å². The number of carbonyl (C=O) groups excluding carboxylic acids is 2. The number of ether oxygens (including phenoxy) is 1. The number of unbranched alkanes of at least 4 members (excludes halogenated alkanes) is 46. The molecule has 0 radical (unpaired) electrons. The topological polar surface area (TPSA) is 114 Å². The number of nitrogens with zero attached hydrogens (tertiary/aromatic N) is 1. The minimum Gasteiger partial charge on any atom is -0.756 e. The van der Waals surface area contributed by atoms with Gasteiger partial charge >= 0.3 is 5.97 Å². The lowest BCUT2D eigenvalue weighted by atomic mass is 10.0. The van der Waals surface area contributed by atoms with Crippen molar-refractivity contribution in [2.75, 3.05) is 40.9 Å². The summed E-state index contributed by atoms with van der Waals surface area (Å²) >= 11 is 0. The van der Waals surface area contributed by atoms with E-state index in [0.29, 0.717) is 17.4 Å². The number of nitrogens with one attached hydrogen (secondary N) is 1. The summed E-state index contributed by atoms with van der Waals surface area (Å²) in [4.78, 5) is 40.2. The highest BCUT2D eigenvalue weighted by Crippen LogP contribution is 2.38. The maximum absolute atomic E-state index is 13.6. The molecule has 10 heteroatoms. The molecule has 1 amide bonds. The first-order valence-electron chi connectivity index (χ1n) is 36.9. The van der Waals surface area contributed by atoms with Gasteiger partial charge in [0, 0.05) is 12.8 Å². The van der Waals surface area contributed by atoms with Crippen LogP contribution in [0.4, 0.5) is 0 Å². The van der Waals surface area contributed by atoms with Crippen molar-refractivity contribution < 1.29 is 37.3 Å². The summed E-state index contributed by atoms with van der Waals surface area (Å²) in [6, 6.07) is -0.887. The van der Waals surface area contributed by atoms with Gasteiger partial charge < -0.3 is 28.5 Å². The lowest BCUT2D eigenvalue weighted by Gasteiger charge is -2.30. The Morgan fingerprint density at radius 1 is 0.412 bits per heavy atom. The number of esters is 1. The molecule has 0 aliphatic heterocycles. The Bertz CT molecular complexity index is 1590. The number of quaternary nitrogens is 1. The van der Waals surface area contributed by atoms with Crippen LogP contribution >= 0.6 is 7.82 Å². The van der Waals surface area contributed by atoms with Gasteiger partial charge in [0.05, 0.1) is 33.8 Å². The van der Waals surface area contributed by atoms with Crippen molar-refractivity contribution in [3.8, 4) is 0 Å². The third-order valence-electron chi connectivity index (χ3n) is 16.8. The van der Waals surface area contributed by atoms with Crippen molar-refractivity contribution in [3.63, 3.8) is 0 Å². The van der Waals surface area contributed by atoms with E-state index in [1.54, 1.807) is 0 Å². The monoisotopic (exact) mass is 1220 g/mol. The fourth-order valence-electron chi connectivity index (χ4n) is 11.1. The fraction of sp³-hybridized carbons (Fsp3) is 0.867. The molecule has 1 N–H and O–H groups in total. The summed E-state index contributed by atoms with van der Waals surface area (Å²) in [5.41, 5.74) is 0. The lowest BCUT2D eigenvalue weighted by molar-refractivity contribution is -0.870. The van der Waals surface area contributed by atoms with Gasteiger partial charge in [-0.3, -0.25) is 14.2 Å². The van der Waals surface area contributed by atoms with E-state index in [1.807, 2.05) is 33.3 Å². The molecule has 0 aliphatic carbocycles. The van der Waals surface area contributed by atoms with Crippen LogP contribution < -0.4 is 10.2 Å². The number of carbonyl (C=O) groups is 2. The van der Waals surface area contributed by atoms with Crippen molar-refractivity contribution in [2.24, 2.45) is 0 Å². The number of rotatable bonds is 68. The summed E-state index contributed by atoms with van der Waals surface area (Å²) in [6.07, 6.45) is 82.3. The molecular weight excluding hydrogens is 1070 g/mol. The first kappa shape index (κ1) is 83.0. The summed E-state index contributed by atoms with van der Waals surface area (Å²) < 4.78 is 30.5.